The van der Waals surface area contributed by atoms with E-state index in [-0.39, 0.29) is 43.8 Å². The van der Waals surface area contributed by atoms with Gasteiger partial charge in [0.2, 0.25) is 21.8 Å². The summed E-state index contributed by atoms with van der Waals surface area (Å²) >= 11 is 0. The number of nitrogens with one attached hydrogen (secondary N) is 1. The Bertz CT molecular complexity index is 1150. The first-order chi connectivity index (χ1) is 16.3. The number of amides is 2. The smallest absolute Gasteiger partial charge is 0.242 e. The highest BCUT2D eigenvalue weighted by Crippen LogP contribution is 2.25. The van der Waals surface area contributed by atoms with Gasteiger partial charge in [-0.25, -0.2) is 12.8 Å². The Morgan fingerprint density at radius 1 is 1.03 bits per heavy atom. The number of carbonyl (C=O) groups excluding carboxylic acids is 2. The molecule has 35 heavy (non-hydrogen) atoms. The molecule has 1 atom stereocenters. The largest absolute Gasteiger partial charge is 0.352 e. The van der Waals surface area contributed by atoms with E-state index in [2.05, 4.69) is 5.32 Å². The van der Waals surface area contributed by atoms with E-state index in [9.17, 15) is 22.4 Å². The number of anilines is 1. The fourth-order valence-electron chi connectivity index (χ4n) is 3.79. The summed E-state index contributed by atoms with van der Waals surface area (Å²) in [6.45, 7) is 9.06. The third-order valence-electron chi connectivity index (χ3n) is 5.89. The third kappa shape index (κ3) is 7.78. The van der Waals surface area contributed by atoms with Crippen LogP contribution in [0.3, 0.4) is 0 Å². The molecule has 0 saturated heterocycles. The lowest BCUT2D eigenvalue weighted by Crippen LogP contribution is -2.49. The number of carbonyl (C=O) groups is 2. The Hall–Kier alpha value is -2.94. The van der Waals surface area contributed by atoms with E-state index >= 15 is 0 Å². The van der Waals surface area contributed by atoms with Crippen LogP contribution >= 0.6 is 0 Å². The van der Waals surface area contributed by atoms with Crippen molar-refractivity contribution in [3.8, 4) is 0 Å². The second-order valence-corrected chi connectivity index (χ2v) is 11.0. The van der Waals surface area contributed by atoms with E-state index < -0.39 is 21.9 Å². The van der Waals surface area contributed by atoms with Crippen molar-refractivity contribution < 1.29 is 22.4 Å². The molecular formula is C26H36FN3O4S. The van der Waals surface area contributed by atoms with Crippen molar-refractivity contribution >= 4 is 27.5 Å². The van der Waals surface area contributed by atoms with Gasteiger partial charge in [0.05, 0.1) is 11.9 Å². The van der Waals surface area contributed by atoms with Crippen LogP contribution in [0.25, 0.3) is 0 Å². The molecule has 0 spiro atoms. The topological polar surface area (TPSA) is 86.8 Å². The molecule has 2 aromatic carbocycles. The molecule has 0 radical (unpaired) electrons. The highest BCUT2D eigenvalue weighted by Gasteiger charge is 2.28. The van der Waals surface area contributed by atoms with Gasteiger partial charge in [0.25, 0.3) is 0 Å². The molecule has 0 aliphatic heterocycles. The van der Waals surface area contributed by atoms with Gasteiger partial charge < -0.3 is 10.2 Å². The minimum Gasteiger partial charge on any atom is -0.352 e. The molecule has 2 aromatic rings. The lowest BCUT2D eigenvalue weighted by Gasteiger charge is -2.30. The number of halogens is 1. The quantitative estimate of drug-likeness (QED) is 0.501. The molecule has 0 unspecified atom stereocenters. The van der Waals surface area contributed by atoms with Crippen molar-refractivity contribution in [1.82, 2.24) is 10.2 Å². The molecule has 0 aliphatic rings. The highest BCUT2D eigenvalue weighted by atomic mass is 32.2. The van der Waals surface area contributed by atoms with Gasteiger partial charge >= 0.3 is 0 Å². The van der Waals surface area contributed by atoms with E-state index in [1.54, 1.807) is 37.3 Å². The van der Waals surface area contributed by atoms with Crippen molar-refractivity contribution in [3.63, 3.8) is 0 Å². The Balaban J connectivity index is 2.22. The van der Waals surface area contributed by atoms with Gasteiger partial charge in [-0.05, 0) is 64.3 Å². The number of benzene rings is 2. The lowest BCUT2D eigenvalue weighted by atomic mass is 10.1. The summed E-state index contributed by atoms with van der Waals surface area (Å²) in [6, 6.07) is 10.6. The Labute approximate surface area is 208 Å². The fraction of sp³-hybridized carbons (Fsp3) is 0.462. The van der Waals surface area contributed by atoms with Crippen LogP contribution in [0.4, 0.5) is 10.1 Å². The number of hydrogen-bond acceptors (Lipinski definition) is 4. The van der Waals surface area contributed by atoms with Crippen LogP contribution in [0.15, 0.2) is 42.5 Å². The van der Waals surface area contributed by atoms with Gasteiger partial charge in [-0.1, -0.05) is 30.3 Å². The zero-order valence-corrected chi connectivity index (χ0v) is 22.2. The van der Waals surface area contributed by atoms with Crippen molar-refractivity contribution in [3.05, 3.63) is 65.0 Å². The highest BCUT2D eigenvalue weighted by molar-refractivity contribution is 7.92. The predicted octanol–water partition coefficient (Wildman–Crippen LogP) is 3.93. The lowest BCUT2D eigenvalue weighted by molar-refractivity contribution is -0.140. The van der Waals surface area contributed by atoms with Crippen molar-refractivity contribution in [2.45, 2.75) is 66.1 Å². The van der Waals surface area contributed by atoms with E-state index in [4.69, 9.17) is 0 Å². The molecule has 2 rings (SSSR count). The second-order valence-electron chi connectivity index (χ2n) is 9.11. The van der Waals surface area contributed by atoms with Crippen molar-refractivity contribution in [1.29, 1.82) is 0 Å². The Morgan fingerprint density at radius 2 is 1.69 bits per heavy atom. The van der Waals surface area contributed by atoms with Gasteiger partial charge in [0, 0.05) is 31.1 Å². The first-order valence-corrected chi connectivity index (χ1v) is 13.5. The summed E-state index contributed by atoms with van der Waals surface area (Å²) in [7, 11) is -3.58. The maximum Gasteiger partial charge on any atom is 0.242 e. The molecule has 2 amide bonds. The molecular weight excluding hydrogens is 469 g/mol. The predicted molar refractivity (Wildman–Crippen MR) is 137 cm³/mol. The summed E-state index contributed by atoms with van der Waals surface area (Å²) in [5, 5.41) is 2.79. The number of rotatable bonds is 11. The summed E-state index contributed by atoms with van der Waals surface area (Å²) in [4.78, 5) is 27.2. The first kappa shape index (κ1) is 28.3. The van der Waals surface area contributed by atoms with Crippen LogP contribution < -0.4 is 9.62 Å². The average Bonchev–Trinajstić information content (AvgIpc) is 2.76. The molecule has 0 heterocycles. The molecule has 7 nitrogen and oxygen atoms in total. The van der Waals surface area contributed by atoms with Gasteiger partial charge in [-0.15, -0.1) is 0 Å². The molecule has 192 valence electrons. The zero-order valence-electron chi connectivity index (χ0n) is 21.3. The standard InChI is InChI=1S/C26H36FN3O4S/c1-18(2)28-26(32)21(5)29(17-22-12-7-8-13-23(22)27)25(31)15-10-16-30(35(6,33)34)24-14-9-11-19(3)20(24)4/h7-9,11-14,18,21H,10,15-17H2,1-6H3,(H,28,32)/t21-/m0/s1. The van der Waals surface area contributed by atoms with Crippen LogP contribution in [0.1, 0.15) is 50.3 Å². The molecule has 0 fully saturated rings. The van der Waals surface area contributed by atoms with E-state index in [0.29, 0.717) is 11.3 Å². The molecule has 0 aromatic heterocycles. The van der Waals surface area contributed by atoms with Gasteiger partial charge in [0.15, 0.2) is 0 Å². The van der Waals surface area contributed by atoms with Crippen molar-refractivity contribution in [2.75, 3.05) is 17.1 Å². The van der Waals surface area contributed by atoms with Crippen LogP contribution in [0.5, 0.6) is 0 Å². The Kier molecular flexibility index (Phi) is 9.82. The minimum absolute atomic E-state index is 0.00460. The average molecular weight is 506 g/mol. The monoisotopic (exact) mass is 505 g/mol. The van der Waals surface area contributed by atoms with Gasteiger partial charge in [-0.2, -0.15) is 0 Å². The van der Waals surface area contributed by atoms with E-state index in [1.807, 2.05) is 33.8 Å². The molecule has 1 N–H and O–H groups in total. The van der Waals surface area contributed by atoms with Crippen LogP contribution in [-0.2, 0) is 26.2 Å². The van der Waals surface area contributed by atoms with Crippen LogP contribution in [-0.4, -0.2) is 50.0 Å². The molecule has 0 bridgehead atoms. The van der Waals surface area contributed by atoms with Gasteiger partial charge in [0.1, 0.15) is 11.9 Å². The van der Waals surface area contributed by atoms with Crippen LogP contribution in [0, 0.1) is 19.7 Å². The second kappa shape index (κ2) is 12.2. The van der Waals surface area contributed by atoms with Crippen molar-refractivity contribution in [2.24, 2.45) is 0 Å². The number of sulfonamides is 1. The van der Waals surface area contributed by atoms with E-state index in [1.165, 1.54) is 15.3 Å². The van der Waals surface area contributed by atoms with Gasteiger partial charge in [-0.3, -0.25) is 13.9 Å². The number of nitrogens with zero attached hydrogens (tertiary/aromatic N) is 2. The maximum atomic E-state index is 14.3. The number of hydrogen-bond donors (Lipinski definition) is 1. The minimum atomic E-state index is -3.58. The fourth-order valence-corrected chi connectivity index (χ4v) is 4.80. The van der Waals surface area contributed by atoms with Crippen LogP contribution in [0.2, 0.25) is 0 Å². The Morgan fingerprint density at radius 3 is 2.29 bits per heavy atom. The zero-order chi connectivity index (χ0) is 26.3. The SMILES string of the molecule is Cc1cccc(N(CCCC(=O)N(Cc2ccccc2F)[C@@H](C)C(=O)NC(C)C)S(C)(=O)=O)c1C. The summed E-state index contributed by atoms with van der Waals surface area (Å²) < 4.78 is 40.7. The maximum absolute atomic E-state index is 14.3. The molecule has 0 saturated carbocycles. The third-order valence-corrected chi connectivity index (χ3v) is 7.07. The summed E-state index contributed by atoms with van der Waals surface area (Å²) in [6.07, 6.45) is 1.38. The number of aryl methyl sites for hydroxylation is 1. The first-order valence-electron chi connectivity index (χ1n) is 11.7. The molecule has 9 heteroatoms. The summed E-state index contributed by atoms with van der Waals surface area (Å²) in [5.41, 5.74) is 2.70. The van der Waals surface area contributed by atoms with E-state index in [0.717, 1.165) is 17.4 Å². The summed E-state index contributed by atoms with van der Waals surface area (Å²) in [5.74, 6) is -1.15. The molecule has 0 aliphatic carbocycles. The normalized spacial score (nSPS) is 12.3.